The van der Waals surface area contributed by atoms with Crippen LogP contribution in [0.3, 0.4) is 0 Å². The zero-order valence-corrected chi connectivity index (χ0v) is 16.8. The first-order valence-electron chi connectivity index (χ1n) is 11.0. The molecule has 29 heavy (non-hydrogen) atoms. The number of oxazole rings is 1. The molecule has 1 N–H and O–H groups in total. The normalized spacial score (nSPS) is 29.9. The van der Waals surface area contributed by atoms with Crippen molar-refractivity contribution in [2.75, 3.05) is 6.54 Å². The van der Waals surface area contributed by atoms with E-state index in [-0.39, 0.29) is 11.7 Å². The van der Waals surface area contributed by atoms with Crippen molar-refractivity contribution in [2.45, 2.75) is 57.8 Å². The maximum atomic E-state index is 13.9. The van der Waals surface area contributed by atoms with Crippen LogP contribution in [0.25, 0.3) is 11.3 Å². The van der Waals surface area contributed by atoms with Gasteiger partial charge >= 0.3 is 0 Å². The van der Waals surface area contributed by atoms with Gasteiger partial charge in [-0.15, -0.1) is 0 Å². The molecular weight excluding hydrogens is 367 g/mol. The zero-order valence-electron chi connectivity index (χ0n) is 16.8. The van der Waals surface area contributed by atoms with Gasteiger partial charge in [-0.25, -0.2) is 9.37 Å². The Morgan fingerprint density at radius 2 is 1.83 bits per heavy atom. The topological polar surface area (TPSA) is 55.1 Å². The van der Waals surface area contributed by atoms with Crippen molar-refractivity contribution in [1.29, 1.82) is 0 Å². The predicted molar refractivity (Wildman–Crippen MR) is 108 cm³/mol. The van der Waals surface area contributed by atoms with Crippen molar-refractivity contribution in [3.63, 3.8) is 0 Å². The van der Waals surface area contributed by atoms with Gasteiger partial charge in [-0.1, -0.05) is 12.1 Å². The lowest BCUT2D eigenvalue weighted by Crippen LogP contribution is -2.47. The van der Waals surface area contributed by atoms with Gasteiger partial charge in [0.15, 0.2) is 11.7 Å². The number of rotatable bonds is 7. The van der Waals surface area contributed by atoms with E-state index < -0.39 is 0 Å². The minimum Gasteiger partial charge on any atom is -0.441 e. The molecule has 0 atom stereocenters. The highest BCUT2D eigenvalue weighted by atomic mass is 19.1. The minimum absolute atomic E-state index is 0.0420. The number of nitrogens with one attached hydrogen (secondary N) is 1. The van der Waals surface area contributed by atoms with E-state index in [2.05, 4.69) is 10.3 Å². The van der Waals surface area contributed by atoms with Gasteiger partial charge in [-0.3, -0.25) is 4.79 Å². The van der Waals surface area contributed by atoms with Crippen molar-refractivity contribution in [2.24, 2.45) is 23.2 Å². The fraction of sp³-hybridized carbons (Fsp3) is 0.583. The van der Waals surface area contributed by atoms with Gasteiger partial charge in [0.25, 0.3) is 0 Å². The molecule has 0 aliphatic heterocycles. The molecule has 154 valence electrons. The van der Waals surface area contributed by atoms with Gasteiger partial charge in [0.05, 0.1) is 11.8 Å². The van der Waals surface area contributed by atoms with E-state index in [0.29, 0.717) is 35.5 Å². The Bertz CT molecular complexity index is 855. The number of amides is 1. The van der Waals surface area contributed by atoms with Crippen LogP contribution < -0.4 is 5.32 Å². The smallest absolute Gasteiger partial charge is 0.220 e. The lowest BCUT2D eigenvalue weighted by atomic mass is 9.49. The molecule has 0 saturated heterocycles. The molecule has 4 bridgehead atoms. The van der Waals surface area contributed by atoms with Crippen LogP contribution in [-0.4, -0.2) is 17.4 Å². The Labute approximate surface area is 171 Å². The number of aromatic nitrogens is 1. The molecule has 1 aromatic carbocycles. The zero-order chi connectivity index (χ0) is 19.8. The quantitative estimate of drug-likeness (QED) is 0.705. The second-order valence-electron chi connectivity index (χ2n) is 9.62. The van der Waals surface area contributed by atoms with E-state index in [1.807, 2.05) is 0 Å². The Morgan fingerprint density at radius 1 is 1.14 bits per heavy atom. The van der Waals surface area contributed by atoms with Crippen LogP contribution in [0.5, 0.6) is 0 Å². The summed E-state index contributed by atoms with van der Waals surface area (Å²) in [6.45, 7) is 0.775. The van der Waals surface area contributed by atoms with Gasteiger partial charge in [0.1, 0.15) is 5.82 Å². The molecule has 4 aliphatic rings. The molecule has 1 aromatic heterocycles. The molecule has 4 saturated carbocycles. The highest BCUT2D eigenvalue weighted by Crippen LogP contribution is 2.61. The minimum atomic E-state index is -0.336. The van der Waals surface area contributed by atoms with Crippen molar-refractivity contribution in [3.05, 3.63) is 42.2 Å². The van der Waals surface area contributed by atoms with Crippen molar-refractivity contribution in [1.82, 2.24) is 10.3 Å². The first-order chi connectivity index (χ1) is 14.1. The monoisotopic (exact) mass is 396 g/mol. The lowest BCUT2D eigenvalue weighted by molar-refractivity contribution is -0.121. The Balaban J connectivity index is 1.09. The molecule has 4 aliphatic carbocycles. The summed E-state index contributed by atoms with van der Waals surface area (Å²) in [6, 6.07) is 6.47. The van der Waals surface area contributed by atoms with Crippen molar-refractivity contribution < 1.29 is 13.6 Å². The second kappa shape index (κ2) is 7.58. The van der Waals surface area contributed by atoms with Crippen LogP contribution >= 0.6 is 0 Å². The number of benzene rings is 1. The SMILES string of the molecule is O=C(CCc1ncc(-c2ccccc2F)o1)NCCC12CC3CC(CC(C3)C1)C2. The molecule has 2 aromatic rings. The van der Waals surface area contributed by atoms with E-state index >= 15 is 0 Å². The van der Waals surface area contributed by atoms with E-state index in [4.69, 9.17) is 4.42 Å². The summed E-state index contributed by atoms with van der Waals surface area (Å²) in [5.74, 6) is 3.43. The van der Waals surface area contributed by atoms with Gasteiger partial charge < -0.3 is 9.73 Å². The number of carbonyl (C=O) groups is 1. The lowest BCUT2D eigenvalue weighted by Gasteiger charge is -2.57. The molecular formula is C24H29FN2O2. The van der Waals surface area contributed by atoms with Gasteiger partial charge in [-0.2, -0.15) is 0 Å². The van der Waals surface area contributed by atoms with E-state index in [9.17, 15) is 9.18 Å². The summed E-state index contributed by atoms with van der Waals surface area (Å²) in [5.41, 5.74) is 0.894. The summed E-state index contributed by atoms with van der Waals surface area (Å²) >= 11 is 0. The Morgan fingerprint density at radius 3 is 2.52 bits per heavy atom. The van der Waals surface area contributed by atoms with E-state index in [1.165, 1.54) is 50.8 Å². The first kappa shape index (κ1) is 18.8. The fourth-order valence-electron chi connectivity index (χ4n) is 6.58. The molecule has 4 nitrogen and oxygen atoms in total. The standard InChI is InChI=1S/C24H29FN2O2/c25-20-4-2-1-3-19(20)21-15-27-23(29-21)6-5-22(28)26-8-7-24-12-16-9-17(13-24)11-18(10-16)14-24/h1-4,15-18H,5-14H2,(H,26,28). The average Bonchev–Trinajstić information content (AvgIpc) is 3.14. The van der Waals surface area contributed by atoms with Crippen LogP contribution in [0.2, 0.25) is 0 Å². The summed E-state index contributed by atoms with van der Waals surface area (Å²) in [5, 5.41) is 3.11. The first-order valence-corrected chi connectivity index (χ1v) is 11.0. The van der Waals surface area contributed by atoms with Gasteiger partial charge in [0.2, 0.25) is 5.91 Å². The Kier molecular flexibility index (Phi) is 4.92. The summed E-state index contributed by atoms with van der Waals surface area (Å²) in [4.78, 5) is 16.5. The molecule has 0 unspecified atom stereocenters. The van der Waals surface area contributed by atoms with Crippen LogP contribution in [0, 0.1) is 29.0 Å². The van der Waals surface area contributed by atoms with E-state index in [0.717, 1.165) is 30.7 Å². The number of carbonyl (C=O) groups excluding carboxylic acids is 1. The van der Waals surface area contributed by atoms with Gasteiger partial charge in [0, 0.05) is 19.4 Å². The number of aryl methyl sites for hydroxylation is 1. The molecule has 0 spiro atoms. The molecule has 0 radical (unpaired) electrons. The van der Waals surface area contributed by atoms with Crippen LogP contribution in [0.1, 0.15) is 57.3 Å². The molecule has 4 fully saturated rings. The van der Waals surface area contributed by atoms with Gasteiger partial charge in [-0.05, 0) is 80.2 Å². The summed E-state index contributed by atoms with van der Waals surface area (Å²) in [7, 11) is 0. The third-order valence-electron chi connectivity index (χ3n) is 7.40. The summed E-state index contributed by atoms with van der Waals surface area (Å²) in [6.07, 6.45) is 11.9. The molecule has 6 rings (SSSR count). The third kappa shape index (κ3) is 3.96. The summed E-state index contributed by atoms with van der Waals surface area (Å²) < 4.78 is 19.5. The second-order valence-corrected chi connectivity index (χ2v) is 9.62. The van der Waals surface area contributed by atoms with Crippen LogP contribution in [-0.2, 0) is 11.2 Å². The maximum Gasteiger partial charge on any atom is 0.220 e. The predicted octanol–water partition coefficient (Wildman–Crippen LogP) is 5.14. The van der Waals surface area contributed by atoms with Crippen molar-refractivity contribution >= 4 is 5.91 Å². The number of hydrogen-bond donors (Lipinski definition) is 1. The molecule has 5 heteroatoms. The molecule has 1 amide bonds. The Hall–Kier alpha value is -2.17. The highest BCUT2D eigenvalue weighted by Gasteiger charge is 2.50. The average molecular weight is 397 g/mol. The largest absolute Gasteiger partial charge is 0.441 e. The highest BCUT2D eigenvalue weighted by molar-refractivity contribution is 5.76. The van der Waals surface area contributed by atoms with Crippen molar-refractivity contribution in [3.8, 4) is 11.3 Å². The van der Waals surface area contributed by atoms with E-state index in [1.54, 1.807) is 18.2 Å². The fourth-order valence-corrected chi connectivity index (χ4v) is 6.58. The van der Waals surface area contributed by atoms with Crippen LogP contribution in [0.4, 0.5) is 4.39 Å². The number of hydrogen-bond acceptors (Lipinski definition) is 3. The molecule has 1 heterocycles. The number of halogens is 1. The van der Waals surface area contributed by atoms with Crippen LogP contribution in [0.15, 0.2) is 34.9 Å². The number of nitrogens with zero attached hydrogens (tertiary/aromatic N) is 1. The third-order valence-corrected chi connectivity index (χ3v) is 7.40. The maximum absolute atomic E-state index is 13.9.